The van der Waals surface area contributed by atoms with Gasteiger partial charge in [-0.25, -0.2) is 0 Å². The average Bonchev–Trinajstić information content (AvgIpc) is 2.72. The Morgan fingerprint density at radius 3 is 2.56 bits per heavy atom. The molecule has 0 fully saturated rings. The van der Waals surface area contributed by atoms with Crippen LogP contribution in [-0.2, 0) is 11.3 Å². The first kappa shape index (κ1) is 15.0. The zero-order valence-electron chi connectivity index (χ0n) is 12.3. The van der Waals surface area contributed by atoms with E-state index in [1.54, 1.807) is 13.3 Å². The number of aromatic nitrogens is 2. The highest BCUT2D eigenvalue weighted by molar-refractivity contribution is 5.30. The Morgan fingerprint density at radius 1 is 1.44 bits per heavy atom. The minimum absolute atomic E-state index is 0.0230. The fraction of sp³-hybridized carbons (Fsp3) is 0.769. The van der Waals surface area contributed by atoms with Crippen LogP contribution in [0.1, 0.15) is 39.4 Å². The summed E-state index contributed by atoms with van der Waals surface area (Å²) in [5.74, 6) is 0.795. The number of aryl methyl sites for hydroxylation is 1. The van der Waals surface area contributed by atoms with Crippen LogP contribution in [0.5, 0.6) is 5.75 Å². The van der Waals surface area contributed by atoms with E-state index in [2.05, 4.69) is 31.2 Å². The van der Waals surface area contributed by atoms with Crippen LogP contribution in [0.2, 0.25) is 0 Å². The van der Waals surface area contributed by atoms with E-state index in [0.29, 0.717) is 6.61 Å². The zero-order valence-corrected chi connectivity index (χ0v) is 12.3. The Balaban J connectivity index is 3.18. The van der Waals surface area contributed by atoms with Gasteiger partial charge >= 0.3 is 0 Å². The third-order valence-corrected chi connectivity index (χ3v) is 3.14. The molecule has 1 heterocycles. The smallest absolute Gasteiger partial charge is 0.161 e. The van der Waals surface area contributed by atoms with Gasteiger partial charge in [-0.05, 0) is 34.7 Å². The maximum absolute atomic E-state index is 5.85. The van der Waals surface area contributed by atoms with Gasteiger partial charge in [-0.15, -0.1) is 0 Å². The molecule has 1 N–H and O–H groups in total. The lowest BCUT2D eigenvalue weighted by Gasteiger charge is -2.34. The summed E-state index contributed by atoms with van der Waals surface area (Å²) in [4.78, 5) is 0. The van der Waals surface area contributed by atoms with Crippen molar-refractivity contribution < 1.29 is 9.47 Å². The Morgan fingerprint density at radius 2 is 2.11 bits per heavy atom. The first-order valence-electron chi connectivity index (χ1n) is 6.42. The van der Waals surface area contributed by atoms with Crippen LogP contribution in [0.15, 0.2) is 6.20 Å². The van der Waals surface area contributed by atoms with Crippen molar-refractivity contribution in [3.8, 4) is 5.75 Å². The van der Waals surface area contributed by atoms with Crippen LogP contribution in [0.4, 0.5) is 0 Å². The highest BCUT2D eigenvalue weighted by Crippen LogP contribution is 2.34. The number of nitrogens with one attached hydrogen (secondary N) is 1. The van der Waals surface area contributed by atoms with E-state index in [9.17, 15) is 0 Å². The summed E-state index contributed by atoms with van der Waals surface area (Å²) < 4.78 is 13.2. The number of ether oxygens (including phenoxy) is 2. The van der Waals surface area contributed by atoms with Crippen molar-refractivity contribution in [1.82, 2.24) is 15.1 Å². The normalized spacial score (nSPS) is 13.7. The molecule has 5 nitrogen and oxygen atoms in total. The molecular weight excluding hydrogens is 230 g/mol. The highest BCUT2D eigenvalue weighted by atomic mass is 16.5. The lowest BCUT2D eigenvalue weighted by molar-refractivity contribution is -0.0399. The van der Waals surface area contributed by atoms with Gasteiger partial charge in [0.15, 0.2) is 5.75 Å². The lowest BCUT2D eigenvalue weighted by Crippen LogP contribution is -2.41. The number of hydrogen-bond acceptors (Lipinski definition) is 4. The lowest BCUT2D eigenvalue weighted by atomic mass is 9.95. The molecule has 0 bridgehead atoms. The molecule has 104 valence electrons. The second-order valence-corrected chi connectivity index (χ2v) is 4.67. The Hall–Kier alpha value is -1.07. The fourth-order valence-electron chi connectivity index (χ4n) is 2.35. The molecule has 0 radical (unpaired) electrons. The van der Waals surface area contributed by atoms with Gasteiger partial charge in [0.2, 0.25) is 0 Å². The van der Waals surface area contributed by atoms with Crippen LogP contribution in [0, 0.1) is 0 Å². The summed E-state index contributed by atoms with van der Waals surface area (Å²) in [5.41, 5.74) is 0.699. The van der Waals surface area contributed by atoms with Crippen LogP contribution >= 0.6 is 0 Å². The van der Waals surface area contributed by atoms with E-state index in [1.807, 2.05) is 18.7 Å². The van der Waals surface area contributed by atoms with Crippen molar-refractivity contribution in [2.24, 2.45) is 0 Å². The Bertz CT molecular complexity index is 353. The van der Waals surface area contributed by atoms with E-state index >= 15 is 0 Å². The van der Waals surface area contributed by atoms with Crippen molar-refractivity contribution in [3.63, 3.8) is 0 Å². The van der Waals surface area contributed by atoms with Crippen molar-refractivity contribution in [2.45, 2.75) is 45.9 Å². The number of nitrogens with zero attached hydrogens (tertiary/aromatic N) is 2. The minimum atomic E-state index is -0.330. The molecule has 0 aromatic carbocycles. The number of likely N-dealkylation sites (N-methyl/N-ethyl adjacent to an activating group) is 1. The third kappa shape index (κ3) is 2.84. The topological polar surface area (TPSA) is 48.3 Å². The molecule has 0 aliphatic rings. The maximum Gasteiger partial charge on any atom is 0.161 e. The second-order valence-electron chi connectivity index (χ2n) is 4.67. The molecule has 1 unspecified atom stereocenters. The summed E-state index contributed by atoms with van der Waals surface area (Å²) in [6, 6.07) is 0.0230. The Labute approximate surface area is 109 Å². The molecule has 18 heavy (non-hydrogen) atoms. The predicted molar refractivity (Wildman–Crippen MR) is 72.0 cm³/mol. The van der Waals surface area contributed by atoms with Crippen LogP contribution < -0.4 is 10.1 Å². The van der Waals surface area contributed by atoms with E-state index in [4.69, 9.17) is 9.47 Å². The van der Waals surface area contributed by atoms with E-state index < -0.39 is 0 Å². The maximum atomic E-state index is 5.85. The van der Waals surface area contributed by atoms with Gasteiger partial charge in [-0.3, -0.25) is 4.68 Å². The van der Waals surface area contributed by atoms with Crippen LogP contribution in [0.25, 0.3) is 0 Å². The summed E-state index contributed by atoms with van der Waals surface area (Å²) >= 11 is 0. The summed E-state index contributed by atoms with van der Waals surface area (Å²) in [5, 5.41) is 7.66. The molecule has 1 aromatic rings. The quantitative estimate of drug-likeness (QED) is 0.809. The molecule has 5 heteroatoms. The number of methoxy groups -OCH3 is 1. The molecule has 0 saturated carbocycles. The number of hydrogen-bond donors (Lipinski definition) is 1. The van der Waals surface area contributed by atoms with Crippen molar-refractivity contribution in [1.29, 1.82) is 0 Å². The van der Waals surface area contributed by atoms with E-state index in [1.165, 1.54) is 0 Å². The predicted octanol–water partition coefficient (Wildman–Crippen LogP) is 1.99. The second kappa shape index (κ2) is 6.20. The highest BCUT2D eigenvalue weighted by Gasteiger charge is 2.35. The van der Waals surface area contributed by atoms with Crippen LogP contribution in [0.3, 0.4) is 0 Å². The molecule has 0 amide bonds. The Kier molecular flexibility index (Phi) is 5.16. The van der Waals surface area contributed by atoms with Crippen molar-refractivity contribution in [3.05, 3.63) is 11.9 Å². The summed E-state index contributed by atoms with van der Waals surface area (Å²) in [6.45, 7) is 9.69. The first-order valence-corrected chi connectivity index (χ1v) is 6.42. The fourth-order valence-corrected chi connectivity index (χ4v) is 2.35. The molecule has 1 aromatic heterocycles. The standard InChI is InChI=1S/C13H25N3O2/c1-7-16-11(10(17-6)9-15-16)12(14-5)13(3,4)18-8-2/h9,12,14H,7-8H2,1-6H3. The van der Waals surface area contributed by atoms with Gasteiger partial charge in [0.05, 0.1) is 24.9 Å². The molecule has 1 rings (SSSR count). The van der Waals surface area contributed by atoms with Crippen molar-refractivity contribution in [2.75, 3.05) is 20.8 Å². The molecule has 0 aliphatic heterocycles. The third-order valence-electron chi connectivity index (χ3n) is 3.14. The summed E-state index contributed by atoms with van der Waals surface area (Å²) in [7, 11) is 3.60. The minimum Gasteiger partial charge on any atom is -0.493 e. The first-order chi connectivity index (χ1) is 8.51. The summed E-state index contributed by atoms with van der Waals surface area (Å²) in [6.07, 6.45) is 1.76. The zero-order chi connectivity index (χ0) is 13.8. The molecule has 1 atom stereocenters. The van der Waals surface area contributed by atoms with Gasteiger partial charge in [-0.2, -0.15) is 5.10 Å². The molecule has 0 spiro atoms. The van der Waals surface area contributed by atoms with Gasteiger partial charge < -0.3 is 14.8 Å². The van der Waals surface area contributed by atoms with E-state index in [-0.39, 0.29) is 11.6 Å². The van der Waals surface area contributed by atoms with Gasteiger partial charge in [0, 0.05) is 13.2 Å². The van der Waals surface area contributed by atoms with Gasteiger partial charge in [-0.1, -0.05) is 0 Å². The van der Waals surface area contributed by atoms with Crippen molar-refractivity contribution >= 4 is 0 Å². The van der Waals surface area contributed by atoms with Gasteiger partial charge in [0.1, 0.15) is 5.69 Å². The molecular formula is C13H25N3O2. The SMILES string of the molecule is CCOC(C)(C)C(NC)c1c(OC)cnn1CC. The average molecular weight is 255 g/mol. The largest absolute Gasteiger partial charge is 0.493 e. The van der Waals surface area contributed by atoms with E-state index in [0.717, 1.165) is 18.0 Å². The monoisotopic (exact) mass is 255 g/mol. The van der Waals surface area contributed by atoms with Gasteiger partial charge in [0.25, 0.3) is 0 Å². The molecule has 0 aliphatic carbocycles. The number of rotatable bonds is 7. The molecule has 0 saturated heterocycles. The van der Waals surface area contributed by atoms with Crippen LogP contribution in [-0.4, -0.2) is 36.1 Å².